The molecule has 4 atom stereocenters. The molecule has 0 saturated carbocycles. The first kappa shape index (κ1) is 27.9. The summed E-state index contributed by atoms with van der Waals surface area (Å²) in [6.45, 7) is 1.07. The van der Waals surface area contributed by atoms with Crippen LogP contribution in [0, 0.1) is 5.41 Å². The van der Waals surface area contributed by atoms with Crippen LogP contribution >= 0.6 is 34.8 Å². The minimum atomic E-state index is -2.05. The number of benzene rings is 3. The van der Waals surface area contributed by atoms with Gasteiger partial charge in [0.1, 0.15) is 18.3 Å². The third-order valence-electron chi connectivity index (χ3n) is 5.75. The van der Waals surface area contributed by atoms with Crippen LogP contribution < -0.4 is 0 Å². The van der Waals surface area contributed by atoms with Crippen LogP contribution in [0.5, 0.6) is 0 Å². The Morgan fingerprint density at radius 3 is 1.59 bits per heavy atom. The minimum absolute atomic E-state index is 0.134. The molecule has 3 aromatic rings. The number of nitrogens with one attached hydrogen (secondary N) is 1. The molecule has 37 heavy (non-hydrogen) atoms. The second-order valence-corrected chi connectivity index (χ2v) is 10.8. The van der Waals surface area contributed by atoms with Gasteiger partial charge < -0.3 is 23.7 Å². The Kier molecular flexibility index (Phi) is 10.2. The van der Waals surface area contributed by atoms with Crippen LogP contribution in [-0.2, 0) is 43.5 Å². The molecule has 0 bridgehead atoms. The molecule has 0 aliphatic carbocycles. The van der Waals surface area contributed by atoms with Gasteiger partial charge in [-0.25, -0.2) is 0 Å². The Balaban J connectivity index is 1.56. The number of ether oxygens (including phenoxy) is 5. The van der Waals surface area contributed by atoms with Gasteiger partial charge in [0, 0.05) is 0 Å². The predicted molar refractivity (Wildman–Crippen MR) is 144 cm³/mol. The fourth-order valence-corrected chi connectivity index (χ4v) is 3.99. The lowest BCUT2D eigenvalue weighted by atomic mass is 10.0. The van der Waals surface area contributed by atoms with Gasteiger partial charge in [-0.15, -0.1) is 0 Å². The van der Waals surface area contributed by atoms with Crippen LogP contribution in [0.3, 0.4) is 0 Å². The molecule has 4 rings (SSSR count). The summed E-state index contributed by atoms with van der Waals surface area (Å²) in [4.78, 5) is 0. The Labute approximate surface area is 231 Å². The first-order valence-electron chi connectivity index (χ1n) is 11.8. The smallest absolute Gasteiger partial charge is 0.265 e. The molecule has 0 spiro atoms. The van der Waals surface area contributed by atoms with E-state index < -0.39 is 34.3 Å². The monoisotopic (exact) mass is 563 g/mol. The molecule has 1 N–H and O–H groups in total. The van der Waals surface area contributed by atoms with Gasteiger partial charge in [0.15, 0.2) is 0 Å². The molecule has 1 saturated heterocycles. The minimum Gasteiger partial charge on any atom is -0.445 e. The molecule has 0 amide bonds. The van der Waals surface area contributed by atoms with Crippen molar-refractivity contribution in [3.8, 4) is 0 Å². The number of halogens is 3. The molecular formula is C28H28Cl3NO5. The van der Waals surface area contributed by atoms with E-state index in [0.29, 0.717) is 13.2 Å². The van der Waals surface area contributed by atoms with Crippen molar-refractivity contribution in [1.29, 1.82) is 5.41 Å². The fourth-order valence-electron chi connectivity index (χ4n) is 3.86. The summed E-state index contributed by atoms with van der Waals surface area (Å²) in [5.74, 6) is -0.568. The molecule has 1 heterocycles. The summed E-state index contributed by atoms with van der Waals surface area (Å²) < 4.78 is 28.5. The second kappa shape index (κ2) is 13.6. The lowest BCUT2D eigenvalue weighted by molar-refractivity contribution is -0.282. The van der Waals surface area contributed by atoms with Crippen molar-refractivity contribution < 1.29 is 23.7 Å². The maximum absolute atomic E-state index is 8.08. The molecule has 0 radical (unpaired) electrons. The van der Waals surface area contributed by atoms with E-state index >= 15 is 0 Å². The van der Waals surface area contributed by atoms with Gasteiger partial charge in [0.2, 0.25) is 12.2 Å². The van der Waals surface area contributed by atoms with E-state index in [4.69, 9.17) is 63.9 Å². The van der Waals surface area contributed by atoms with E-state index in [1.807, 2.05) is 91.0 Å². The van der Waals surface area contributed by atoms with Crippen LogP contribution in [0.2, 0.25) is 0 Å². The molecule has 3 aromatic carbocycles. The van der Waals surface area contributed by atoms with Crippen molar-refractivity contribution in [2.75, 3.05) is 6.61 Å². The number of alkyl halides is 3. The second-order valence-electron chi connectivity index (χ2n) is 8.50. The summed E-state index contributed by atoms with van der Waals surface area (Å²) in [6.07, 6.45) is -2.92. The van der Waals surface area contributed by atoms with Crippen molar-refractivity contribution in [2.45, 2.75) is 48.2 Å². The molecule has 3 unspecified atom stereocenters. The average Bonchev–Trinajstić information content (AvgIpc) is 2.91. The molecular weight excluding hydrogens is 537 g/mol. The predicted octanol–water partition coefficient (Wildman–Crippen LogP) is 6.46. The summed E-state index contributed by atoms with van der Waals surface area (Å²) in [6, 6.07) is 29.3. The van der Waals surface area contributed by atoms with E-state index in [1.54, 1.807) is 0 Å². The maximum Gasteiger partial charge on any atom is 0.265 e. The third kappa shape index (κ3) is 8.42. The van der Waals surface area contributed by atoms with Crippen molar-refractivity contribution in [2.24, 2.45) is 0 Å². The topological polar surface area (TPSA) is 70.0 Å². The van der Waals surface area contributed by atoms with Gasteiger partial charge in [-0.05, 0) is 16.7 Å². The highest BCUT2D eigenvalue weighted by Gasteiger charge is 2.46. The van der Waals surface area contributed by atoms with Gasteiger partial charge in [-0.1, -0.05) is 126 Å². The Bertz CT molecular complexity index is 1100. The van der Waals surface area contributed by atoms with Gasteiger partial charge in [-0.3, -0.25) is 5.41 Å². The Morgan fingerprint density at radius 2 is 1.14 bits per heavy atom. The van der Waals surface area contributed by atoms with Crippen LogP contribution in [0.25, 0.3) is 0 Å². The van der Waals surface area contributed by atoms with Gasteiger partial charge in [-0.2, -0.15) is 0 Å². The standard InChI is InChI=1S/C28H28Cl3NO5/c29-28(30,31)27(32)37-26-25(35-18-22-14-8-3-9-15-22)24(34-17-21-12-6-2-7-13-21)23(19-36-26)33-16-20-10-4-1-5-11-20/h1-15,23-26,32H,16-19H2/t23-,24?,25?,26?/m1/s1. The van der Waals surface area contributed by atoms with E-state index in [2.05, 4.69) is 0 Å². The first-order valence-corrected chi connectivity index (χ1v) is 12.9. The van der Waals surface area contributed by atoms with Crippen LogP contribution in [0.1, 0.15) is 16.7 Å². The maximum atomic E-state index is 8.08. The highest BCUT2D eigenvalue weighted by Crippen LogP contribution is 2.32. The fraction of sp³-hybridized carbons (Fsp3) is 0.321. The Hall–Kier alpha value is -2.16. The van der Waals surface area contributed by atoms with E-state index in [1.165, 1.54) is 0 Å². The molecule has 0 aromatic heterocycles. The lowest BCUT2D eigenvalue weighted by Gasteiger charge is -2.42. The van der Waals surface area contributed by atoms with Gasteiger partial charge >= 0.3 is 0 Å². The summed E-state index contributed by atoms with van der Waals surface area (Å²) >= 11 is 17.6. The molecule has 1 fully saturated rings. The van der Waals surface area contributed by atoms with Crippen LogP contribution in [-0.4, -0.2) is 40.9 Å². The molecule has 9 heteroatoms. The lowest BCUT2D eigenvalue weighted by Crippen LogP contribution is -2.57. The zero-order valence-corrected chi connectivity index (χ0v) is 22.2. The van der Waals surface area contributed by atoms with E-state index in [9.17, 15) is 0 Å². The highest BCUT2D eigenvalue weighted by atomic mass is 35.6. The summed E-state index contributed by atoms with van der Waals surface area (Å²) in [5, 5.41) is 8.08. The van der Waals surface area contributed by atoms with Crippen LogP contribution in [0.15, 0.2) is 91.0 Å². The zero-order chi connectivity index (χ0) is 26.1. The number of rotatable bonds is 10. The van der Waals surface area contributed by atoms with E-state index in [-0.39, 0.29) is 13.2 Å². The van der Waals surface area contributed by atoms with Crippen molar-refractivity contribution in [3.63, 3.8) is 0 Å². The summed E-state index contributed by atoms with van der Waals surface area (Å²) in [5.41, 5.74) is 2.96. The largest absolute Gasteiger partial charge is 0.445 e. The number of hydrogen-bond donors (Lipinski definition) is 1. The molecule has 6 nitrogen and oxygen atoms in total. The first-order chi connectivity index (χ1) is 17.9. The molecule has 196 valence electrons. The average molecular weight is 565 g/mol. The molecule has 1 aliphatic heterocycles. The normalized spacial score (nSPS) is 21.9. The Morgan fingerprint density at radius 1 is 0.703 bits per heavy atom. The SMILES string of the molecule is N=C(OC1OC[C@@H](OCc2ccccc2)C(OCc2ccccc2)C1OCc1ccccc1)C(Cl)(Cl)Cl. The van der Waals surface area contributed by atoms with Crippen molar-refractivity contribution in [1.82, 2.24) is 0 Å². The van der Waals surface area contributed by atoms with Gasteiger partial charge in [0.25, 0.3) is 3.79 Å². The highest BCUT2D eigenvalue weighted by molar-refractivity contribution is 6.76. The summed E-state index contributed by atoms with van der Waals surface area (Å²) in [7, 11) is 0. The zero-order valence-electron chi connectivity index (χ0n) is 20.0. The van der Waals surface area contributed by atoms with Crippen molar-refractivity contribution >= 4 is 40.7 Å². The van der Waals surface area contributed by atoms with Crippen molar-refractivity contribution in [3.05, 3.63) is 108 Å². The van der Waals surface area contributed by atoms with Crippen LogP contribution in [0.4, 0.5) is 0 Å². The number of hydrogen-bond acceptors (Lipinski definition) is 6. The van der Waals surface area contributed by atoms with E-state index in [0.717, 1.165) is 16.7 Å². The molecule has 1 aliphatic rings. The quantitative estimate of drug-likeness (QED) is 0.174. The third-order valence-corrected chi connectivity index (χ3v) is 6.27. The van der Waals surface area contributed by atoms with Gasteiger partial charge in [0.05, 0.1) is 26.4 Å².